The minimum absolute atomic E-state index is 0.859. The first-order chi connectivity index (χ1) is 8.13. The van der Waals surface area contributed by atoms with Crippen molar-refractivity contribution in [3.05, 3.63) is 33.6 Å². The normalized spacial score (nSPS) is 11.2. The number of rotatable bonds is 1. The lowest BCUT2D eigenvalue weighted by molar-refractivity contribution is 1.23. The number of benzene rings is 1. The number of aromatic amines is 1. The summed E-state index contributed by atoms with van der Waals surface area (Å²) in [6, 6.07) is 4.28. The zero-order chi connectivity index (χ0) is 12.0. The number of fused-ring (bicyclic) bond motifs is 1. The number of hydrogen-bond acceptors (Lipinski definition) is 3. The SMILES string of the molecule is Cc1cc(C)c2nc(-c3csc(C)n3)[nH]c2c1. The molecule has 2 aromatic heterocycles. The summed E-state index contributed by atoms with van der Waals surface area (Å²) >= 11 is 1.65. The fraction of sp³-hybridized carbons (Fsp3) is 0.231. The van der Waals surface area contributed by atoms with Gasteiger partial charge in [-0.15, -0.1) is 11.3 Å². The van der Waals surface area contributed by atoms with E-state index in [-0.39, 0.29) is 0 Å². The second kappa shape index (κ2) is 3.67. The summed E-state index contributed by atoms with van der Waals surface area (Å²) in [6.45, 7) is 6.19. The molecule has 0 fully saturated rings. The Morgan fingerprint density at radius 3 is 2.65 bits per heavy atom. The molecule has 0 aliphatic carbocycles. The van der Waals surface area contributed by atoms with Crippen molar-refractivity contribution >= 4 is 22.4 Å². The van der Waals surface area contributed by atoms with Crippen molar-refractivity contribution in [2.45, 2.75) is 20.8 Å². The van der Waals surface area contributed by atoms with Gasteiger partial charge in [0.1, 0.15) is 5.69 Å². The Morgan fingerprint density at radius 2 is 1.94 bits per heavy atom. The van der Waals surface area contributed by atoms with E-state index in [2.05, 4.69) is 40.9 Å². The maximum atomic E-state index is 4.63. The molecule has 0 saturated carbocycles. The lowest BCUT2D eigenvalue weighted by Gasteiger charge is -1.96. The van der Waals surface area contributed by atoms with Gasteiger partial charge < -0.3 is 4.98 Å². The molecular formula is C13H13N3S. The topological polar surface area (TPSA) is 41.6 Å². The van der Waals surface area contributed by atoms with E-state index in [1.165, 1.54) is 11.1 Å². The fourth-order valence-electron chi connectivity index (χ4n) is 2.06. The summed E-state index contributed by atoms with van der Waals surface area (Å²) in [5.74, 6) is 0.859. The van der Waals surface area contributed by atoms with Crippen molar-refractivity contribution in [3.63, 3.8) is 0 Å². The maximum Gasteiger partial charge on any atom is 0.158 e. The standard InChI is InChI=1S/C13H13N3S/c1-7-4-8(2)12-10(5-7)15-13(16-12)11-6-17-9(3)14-11/h4-6H,1-3H3,(H,15,16). The first-order valence-electron chi connectivity index (χ1n) is 5.53. The third-order valence-corrected chi connectivity index (χ3v) is 3.56. The van der Waals surface area contributed by atoms with Crippen LogP contribution in [0.4, 0.5) is 0 Å². The second-order valence-electron chi connectivity index (χ2n) is 4.32. The molecule has 86 valence electrons. The zero-order valence-electron chi connectivity index (χ0n) is 10.0. The molecule has 17 heavy (non-hydrogen) atoms. The summed E-state index contributed by atoms with van der Waals surface area (Å²) in [5.41, 5.74) is 5.51. The van der Waals surface area contributed by atoms with Crippen LogP contribution in [-0.2, 0) is 0 Å². The molecule has 0 aliphatic heterocycles. The molecule has 1 N–H and O–H groups in total. The Hall–Kier alpha value is -1.68. The minimum Gasteiger partial charge on any atom is -0.337 e. The second-order valence-corrected chi connectivity index (χ2v) is 5.38. The third-order valence-electron chi connectivity index (χ3n) is 2.78. The quantitative estimate of drug-likeness (QED) is 0.709. The molecule has 3 nitrogen and oxygen atoms in total. The number of nitrogens with one attached hydrogen (secondary N) is 1. The van der Waals surface area contributed by atoms with Crippen LogP contribution in [0, 0.1) is 20.8 Å². The van der Waals surface area contributed by atoms with Gasteiger partial charge in [-0.2, -0.15) is 0 Å². The monoisotopic (exact) mass is 243 g/mol. The number of aryl methyl sites for hydroxylation is 3. The first-order valence-corrected chi connectivity index (χ1v) is 6.41. The highest BCUT2D eigenvalue weighted by Gasteiger charge is 2.09. The summed E-state index contributed by atoms with van der Waals surface area (Å²) < 4.78 is 0. The van der Waals surface area contributed by atoms with Crippen LogP contribution in [0.5, 0.6) is 0 Å². The Kier molecular flexibility index (Phi) is 2.26. The lowest BCUT2D eigenvalue weighted by Crippen LogP contribution is -1.80. The molecule has 0 amide bonds. The summed E-state index contributed by atoms with van der Waals surface area (Å²) in [5, 5.41) is 3.10. The van der Waals surface area contributed by atoms with Gasteiger partial charge in [0.15, 0.2) is 5.82 Å². The molecule has 3 rings (SSSR count). The van der Waals surface area contributed by atoms with Crippen molar-refractivity contribution in [1.82, 2.24) is 15.0 Å². The largest absolute Gasteiger partial charge is 0.337 e. The molecule has 0 radical (unpaired) electrons. The van der Waals surface area contributed by atoms with Crippen molar-refractivity contribution in [3.8, 4) is 11.5 Å². The zero-order valence-corrected chi connectivity index (χ0v) is 10.9. The van der Waals surface area contributed by atoms with E-state index in [9.17, 15) is 0 Å². The Labute approximate surface area is 104 Å². The van der Waals surface area contributed by atoms with Crippen LogP contribution in [0.25, 0.3) is 22.6 Å². The van der Waals surface area contributed by atoms with Crippen LogP contribution in [0.2, 0.25) is 0 Å². The van der Waals surface area contributed by atoms with Gasteiger partial charge in [0, 0.05) is 5.38 Å². The third kappa shape index (κ3) is 1.74. The van der Waals surface area contributed by atoms with Gasteiger partial charge in [-0.25, -0.2) is 9.97 Å². The Bertz CT molecular complexity index is 694. The lowest BCUT2D eigenvalue weighted by atomic mass is 10.1. The van der Waals surface area contributed by atoms with E-state index >= 15 is 0 Å². The molecule has 0 aliphatic rings. The predicted molar refractivity (Wildman–Crippen MR) is 71.4 cm³/mol. The van der Waals surface area contributed by atoms with Gasteiger partial charge in [0.05, 0.1) is 16.0 Å². The molecule has 0 bridgehead atoms. The van der Waals surface area contributed by atoms with Crippen LogP contribution in [0.1, 0.15) is 16.1 Å². The van der Waals surface area contributed by atoms with Crippen molar-refractivity contribution in [2.24, 2.45) is 0 Å². The highest BCUT2D eigenvalue weighted by atomic mass is 32.1. The van der Waals surface area contributed by atoms with Crippen molar-refractivity contribution < 1.29 is 0 Å². The number of thiazole rings is 1. The molecule has 0 saturated heterocycles. The molecule has 1 aromatic carbocycles. The van der Waals surface area contributed by atoms with Gasteiger partial charge in [0.2, 0.25) is 0 Å². The molecule has 4 heteroatoms. The number of nitrogens with zero attached hydrogens (tertiary/aromatic N) is 2. The van der Waals surface area contributed by atoms with Crippen molar-refractivity contribution in [1.29, 1.82) is 0 Å². The van der Waals surface area contributed by atoms with E-state index in [1.807, 2.05) is 12.3 Å². The van der Waals surface area contributed by atoms with Crippen LogP contribution < -0.4 is 0 Å². The van der Waals surface area contributed by atoms with E-state index in [0.717, 1.165) is 27.6 Å². The average Bonchev–Trinajstić information content (AvgIpc) is 2.83. The molecule has 0 spiro atoms. The smallest absolute Gasteiger partial charge is 0.158 e. The van der Waals surface area contributed by atoms with E-state index in [1.54, 1.807) is 11.3 Å². The first kappa shape index (κ1) is 10.5. The predicted octanol–water partition coefficient (Wildman–Crippen LogP) is 3.61. The van der Waals surface area contributed by atoms with Gasteiger partial charge in [-0.05, 0) is 38.0 Å². The van der Waals surface area contributed by atoms with Crippen LogP contribution >= 0.6 is 11.3 Å². The van der Waals surface area contributed by atoms with Crippen LogP contribution in [0.15, 0.2) is 17.5 Å². The molecule has 2 heterocycles. The highest BCUT2D eigenvalue weighted by Crippen LogP contribution is 2.24. The summed E-state index contributed by atoms with van der Waals surface area (Å²) in [4.78, 5) is 12.4. The number of hydrogen-bond donors (Lipinski definition) is 1. The van der Waals surface area contributed by atoms with Crippen LogP contribution in [-0.4, -0.2) is 15.0 Å². The number of aromatic nitrogens is 3. The van der Waals surface area contributed by atoms with Gasteiger partial charge in [0.25, 0.3) is 0 Å². The van der Waals surface area contributed by atoms with E-state index in [4.69, 9.17) is 0 Å². The summed E-state index contributed by atoms with van der Waals surface area (Å²) in [7, 11) is 0. The van der Waals surface area contributed by atoms with Crippen LogP contribution in [0.3, 0.4) is 0 Å². The Balaban J connectivity index is 2.23. The number of H-pyrrole nitrogens is 1. The maximum absolute atomic E-state index is 4.63. The minimum atomic E-state index is 0.859. The molecule has 0 atom stereocenters. The molecular weight excluding hydrogens is 230 g/mol. The molecule has 3 aromatic rings. The Morgan fingerprint density at radius 1 is 1.12 bits per heavy atom. The fourth-order valence-corrected chi connectivity index (χ4v) is 2.66. The van der Waals surface area contributed by atoms with Gasteiger partial charge in [-0.1, -0.05) is 6.07 Å². The van der Waals surface area contributed by atoms with Gasteiger partial charge >= 0.3 is 0 Å². The number of imidazole rings is 1. The van der Waals surface area contributed by atoms with Crippen molar-refractivity contribution in [2.75, 3.05) is 0 Å². The van der Waals surface area contributed by atoms with E-state index in [0.29, 0.717) is 0 Å². The summed E-state index contributed by atoms with van der Waals surface area (Å²) in [6.07, 6.45) is 0. The van der Waals surface area contributed by atoms with Gasteiger partial charge in [-0.3, -0.25) is 0 Å². The molecule has 0 unspecified atom stereocenters. The average molecular weight is 243 g/mol. The van der Waals surface area contributed by atoms with E-state index < -0.39 is 0 Å². The highest BCUT2D eigenvalue weighted by molar-refractivity contribution is 7.09.